The van der Waals surface area contributed by atoms with E-state index >= 15 is 0 Å². The maximum Gasteiger partial charge on any atom is 0.260 e. The van der Waals surface area contributed by atoms with Crippen molar-refractivity contribution in [3.8, 4) is 11.8 Å². The highest BCUT2D eigenvalue weighted by Gasteiger charge is 2.15. The number of hydrogen-bond donors (Lipinski definition) is 0. The number of amides is 1. The van der Waals surface area contributed by atoms with Gasteiger partial charge in [0.1, 0.15) is 5.75 Å². The highest BCUT2D eigenvalue weighted by molar-refractivity contribution is 5.77. The van der Waals surface area contributed by atoms with Crippen molar-refractivity contribution in [3.05, 3.63) is 102 Å². The number of hydrogen-bond acceptors (Lipinski definition) is 3. The van der Waals surface area contributed by atoms with Gasteiger partial charge in [0.25, 0.3) is 5.91 Å². The van der Waals surface area contributed by atoms with Crippen LogP contribution in [0.4, 0.5) is 0 Å². The summed E-state index contributed by atoms with van der Waals surface area (Å²) in [4.78, 5) is 14.6. The lowest BCUT2D eigenvalue weighted by Gasteiger charge is -2.23. The molecular formula is C24H22N2O2. The van der Waals surface area contributed by atoms with Gasteiger partial charge in [-0.2, -0.15) is 5.26 Å². The van der Waals surface area contributed by atoms with Crippen LogP contribution in [0.15, 0.2) is 84.9 Å². The quantitative estimate of drug-likeness (QED) is 0.597. The average Bonchev–Trinajstić information content (AvgIpc) is 2.76. The fourth-order valence-electron chi connectivity index (χ4n) is 2.90. The number of carbonyl (C=O) groups is 1. The van der Waals surface area contributed by atoms with Crippen LogP contribution in [0.2, 0.25) is 0 Å². The van der Waals surface area contributed by atoms with Crippen molar-refractivity contribution in [2.24, 2.45) is 0 Å². The molecule has 0 radical (unpaired) electrons. The Labute approximate surface area is 165 Å². The number of ether oxygens (including phenoxy) is 1. The van der Waals surface area contributed by atoms with Crippen molar-refractivity contribution < 1.29 is 9.53 Å². The maximum absolute atomic E-state index is 12.8. The Kier molecular flexibility index (Phi) is 6.81. The minimum Gasteiger partial charge on any atom is -0.484 e. The standard InChI is InChI=1S/C24H22N2O2/c25-17-22-12-7-13-23(16-22)28-19-24(27)26(18-21-10-5-2-6-11-21)15-14-20-8-3-1-4-9-20/h1-13,16H,14-15,18-19H2. The Morgan fingerprint density at radius 1 is 0.893 bits per heavy atom. The number of nitrogens with zero attached hydrogens (tertiary/aromatic N) is 2. The van der Waals surface area contributed by atoms with E-state index < -0.39 is 0 Å². The Morgan fingerprint density at radius 3 is 2.25 bits per heavy atom. The van der Waals surface area contributed by atoms with Gasteiger partial charge < -0.3 is 9.64 Å². The largest absolute Gasteiger partial charge is 0.484 e. The van der Waals surface area contributed by atoms with Crippen molar-refractivity contribution in [2.45, 2.75) is 13.0 Å². The lowest BCUT2D eigenvalue weighted by Crippen LogP contribution is -2.36. The maximum atomic E-state index is 12.8. The molecule has 0 spiro atoms. The highest BCUT2D eigenvalue weighted by atomic mass is 16.5. The van der Waals surface area contributed by atoms with Gasteiger partial charge >= 0.3 is 0 Å². The van der Waals surface area contributed by atoms with Gasteiger partial charge in [0, 0.05) is 13.1 Å². The first-order chi connectivity index (χ1) is 13.7. The first-order valence-electron chi connectivity index (χ1n) is 9.23. The van der Waals surface area contributed by atoms with Gasteiger partial charge in [0.05, 0.1) is 11.6 Å². The first kappa shape index (κ1) is 19.2. The van der Waals surface area contributed by atoms with Crippen LogP contribution >= 0.6 is 0 Å². The SMILES string of the molecule is N#Cc1cccc(OCC(=O)N(CCc2ccccc2)Cc2ccccc2)c1. The Bertz CT molecular complexity index is 934. The Hall–Kier alpha value is -3.58. The number of benzene rings is 3. The third-order valence-corrected chi connectivity index (χ3v) is 4.41. The molecule has 3 aromatic rings. The van der Waals surface area contributed by atoms with E-state index in [-0.39, 0.29) is 12.5 Å². The van der Waals surface area contributed by atoms with Gasteiger partial charge in [0.2, 0.25) is 0 Å². The van der Waals surface area contributed by atoms with Crippen LogP contribution in [0.5, 0.6) is 5.75 Å². The molecule has 4 nitrogen and oxygen atoms in total. The summed E-state index contributed by atoms with van der Waals surface area (Å²) in [5.74, 6) is 0.442. The summed E-state index contributed by atoms with van der Waals surface area (Å²) in [6, 6.07) is 29.0. The van der Waals surface area contributed by atoms with Gasteiger partial charge in [-0.1, -0.05) is 66.7 Å². The second-order valence-corrected chi connectivity index (χ2v) is 6.46. The van der Waals surface area contributed by atoms with Crippen molar-refractivity contribution in [2.75, 3.05) is 13.2 Å². The molecule has 140 valence electrons. The Morgan fingerprint density at radius 2 is 1.57 bits per heavy atom. The summed E-state index contributed by atoms with van der Waals surface area (Å²) >= 11 is 0. The topological polar surface area (TPSA) is 53.3 Å². The zero-order valence-electron chi connectivity index (χ0n) is 15.6. The molecule has 0 aliphatic heterocycles. The van der Waals surface area contributed by atoms with Gasteiger partial charge in [-0.15, -0.1) is 0 Å². The molecule has 0 aromatic heterocycles. The van der Waals surface area contributed by atoms with Crippen LogP contribution in [0.1, 0.15) is 16.7 Å². The molecule has 1 amide bonds. The van der Waals surface area contributed by atoms with Gasteiger partial charge in [-0.3, -0.25) is 4.79 Å². The van der Waals surface area contributed by atoms with E-state index in [9.17, 15) is 4.79 Å². The predicted molar refractivity (Wildman–Crippen MR) is 109 cm³/mol. The van der Waals surface area contributed by atoms with Crippen LogP contribution in [-0.4, -0.2) is 24.0 Å². The average molecular weight is 370 g/mol. The summed E-state index contributed by atoms with van der Waals surface area (Å²) in [6.45, 7) is 1.09. The van der Waals surface area contributed by atoms with Crippen molar-refractivity contribution in [3.63, 3.8) is 0 Å². The molecule has 0 aliphatic rings. The van der Waals surface area contributed by atoms with E-state index in [4.69, 9.17) is 10.00 Å². The van der Waals surface area contributed by atoms with Crippen molar-refractivity contribution in [1.82, 2.24) is 4.90 Å². The number of carbonyl (C=O) groups excluding carboxylic acids is 1. The van der Waals surface area contributed by atoms with E-state index in [1.165, 1.54) is 5.56 Å². The van der Waals surface area contributed by atoms with Gasteiger partial charge in [-0.25, -0.2) is 0 Å². The highest BCUT2D eigenvalue weighted by Crippen LogP contribution is 2.13. The summed E-state index contributed by atoms with van der Waals surface area (Å²) in [5.41, 5.74) is 2.78. The number of nitriles is 1. The molecule has 3 rings (SSSR count). The lowest BCUT2D eigenvalue weighted by atomic mass is 10.1. The monoisotopic (exact) mass is 370 g/mol. The molecule has 0 aliphatic carbocycles. The van der Waals surface area contributed by atoms with E-state index in [2.05, 4.69) is 18.2 Å². The molecule has 0 atom stereocenters. The van der Waals surface area contributed by atoms with E-state index in [1.807, 2.05) is 53.4 Å². The van der Waals surface area contributed by atoms with Crippen LogP contribution in [0.25, 0.3) is 0 Å². The van der Waals surface area contributed by atoms with Crippen molar-refractivity contribution in [1.29, 1.82) is 5.26 Å². The first-order valence-corrected chi connectivity index (χ1v) is 9.23. The normalized spacial score (nSPS) is 10.1. The molecule has 0 saturated heterocycles. The molecule has 3 aromatic carbocycles. The van der Waals surface area contributed by atoms with Gasteiger partial charge in [0.15, 0.2) is 6.61 Å². The molecule has 0 saturated carbocycles. The minimum atomic E-state index is -0.0813. The molecule has 0 N–H and O–H groups in total. The van der Waals surface area contributed by atoms with Gasteiger partial charge in [-0.05, 0) is 35.7 Å². The summed E-state index contributed by atoms with van der Waals surface area (Å²) < 4.78 is 5.64. The van der Waals surface area contributed by atoms with Crippen LogP contribution < -0.4 is 4.74 Å². The minimum absolute atomic E-state index is 0.0590. The molecule has 0 unspecified atom stereocenters. The summed E-state index contributed by atoms with van der Waals surface area (Å²) in [5, 5.41) is 8.99. The summed E-state index contributed by atoms with van der Waals surface area (Å²) in [7, 11) is 0. The third-order valence-electron chi connectivity index (χ3n) is 4.41. The lowest BCUT2D eigenvalue weighted by molar-refractivity contribution is -0.134. The number of rotatable bonds is 8. The molecular weight excluding hydrogens is 348 g/mol. The predicted octanol–water partition coefficient (Wildman–Crippen LogP) is 4.21. The summed E-state index contributed by atoms with van der Waals surface area (Å²) in [6.07, 6.45) is 0.781. The zero-order chi connectivity index (χ0) is 19.6. The van der Waals surface area contributed by atoms with E-state index in [0.29, 0.717) is 24.4 Å². The third kappa shape index (κ3) is 5.72. The molecule has 4 heteroatoms. The smallest absolute Gasteiger partial charge is 0.260 e. The van der Waals surface area contributed by atoms with E-state index in [1.54, 1.807) is 24.3 Å². The Balaban J connectivity index is 1.65. The molecule has 28 heavy (non-hydrogen) atoms. The second-order valence-electron chi connectivity index (χ2n) is 6.46. The second kappa shape index (κ2) is 9.94. The van der Waals surface area contributed by atoms with Crippen LogP contribution in [-0.2, 0) is 17.8 Å². The van der Waals surface area contributed by atoms with Crippen molar-refractivity contribution >= 4 is 5.91 Å². The van der Waals surface area contributed by atoms with Crippen LogP contribution in [0.3, 0.4) is 0 Å². The zero-order valence-corrected chi connectivity index (χ0v) is 15.6. The molecule has 0 heterocycles. The molecule has 0 fully saturated rings. The fraction of sp³-hybridized carbons (Fsp3) is 0.167. The molecule has 0 bridgehead atoms. The fourth-order valence-corrected chi connectivity index (χ4v) is 2.90. The van der Waals surface area contributed by atoms with Crippen LogP contribution in [0, 0.1) is 11.3 Å². The van der Waals surface area contributed by atoms with E-state index in [0.717, 1.165) is 12.0 Å².